The Morgan fingerprint density at radius 3 is 2.82 bits per heavy atom. The fourth-order valence-electron chi connectivity index (χ4n) is 2.13. The van der Waals surface area contributed by atoms with Crippen molar-refractivity contribution in [1.29, 1.82) is 0 Å². The van der Waals surface area contributed by atoms with Crippen molar-refractivity contribution in [2.45, 2.75) is 31.2 Å². The lowest BCUT2D eigenvalue weighted by atomic mass is 9.99. The average Bonchev–Trinajstić information content (AvgIpc) is 2.73. The monoisotopic (exact) mass is 307 g/mol. The lowest BCUT2D eigenvalue weighted by Gasteiger charge is -2.21. The van der Waals surface area contributed by atoms with Crippen molar-refractivity contribution in [1.82, 2.24) is 5.32 Å². The van der Waals surface area contributed by atoms with Crippen molar-refractivity contribution in [3.8, 4) is 0 Å². The standard InChI is InChI=1S/C12H13BrF3N/c13-8-3-4-11(14)10(6-8)12(15,16)7-9-2-1-5-17-9/h3-4,6,9,17H,1-2,5,7H2. The minimum Gasteiger partial charge on any atom is -0.314 e. The van der Waals surface area contributed by atoms with Gasteiger partial charge in [0.2, 0.25) is 0 Å². The molecule has 0 radical (unpaired) electrons. The van der Waals surface area contributed by atoms with Crippen molar-refractivity contribution < 1.29 is 13.2 Å². The first-order valence-electron chi connectivity index (χ1n) is 5.56. The minimum atomic E-state index is -3.13. The molecule has 0 amide bonds. The summed E-state index contributed by atoms with van der Waals surface area (Å²) in [6.07, 6.45) is 1.29. The van der Waals surface area contributed by atoms with Crippen molar-refractivity contribution in [3.05, 3.63) is 34.1 Å². The molecule has 1 aliphatic rings. The van der Waals surface area contributed by atoms with Crippen LogP contribution in [0, 0.1) is 5.82 Å². The van der Waals surface area contributed by atoms with Crippen LogP contribution in [0.2, 0.25) is 0 Å². The van der Waals surface area contributed by atoms with E-state index in [1.807, 2.05) is 0 Å². The molecule has 1 aromatic carbocycles. The number of hydrogen-bond donors (Lipinski definition) is 1. The van der Waals surface area contributed by atoms with Gasteiger partial charge in [0.25, 0.3) is 5.92 Å². The van der Waals surface area contributed by atoms with Crippen LogP contribution in [0.3, 0.4) is 0 Å². The van der Waals surface area contributed by atoms with Gasteiger partial charge in [0, 0.05) is 16.9 Å². The summed E-state index contributed by atoms with van der Waals surface area (Å²) in [5, 5.41) is 3.00. The van der Waals surface area contributed by atoms with E-state index >= 15 is 0 Å². The highest BCUT2D eigenvalue weighted by molar-refractivity contribution is 9.10. The normalized spacial score (nSPS) is 20.8. The fourth-order valence-corrected chi connectivity index (χ4v) is 2.49. The summed E-state index contributed by atoms with van der Waals surface area (Å²) in [6, 6.07) is 3.42. The second-order valence-corrected chi connectivity index (χ2v) is 5.24. The predicted molar refractivity (Wildman–Crippen MR) is 63.6 cm³/mol. The summed E-state index contributed by atoms with van der Waals surface area (Å²) in [5.41, 5.74) is -0.527. The highest BCUT2D eigenvalue weighted by atomic mass is 79.9. The topological polar surface area (TPSA) is 12.0 Å². The fraction of sp³-hybridized carbons (Fsp3) is 0.500. The van der Waals surface area contributed by atoms with Crippen LogP contribution in [0.5, 0.6) is 0 Å². The molecule has 0 aliphatic carbocycles. The van der Waals surface area contributed by atoms with Gasteiger partial charge in [-0.2, -0.15) is 0 Å². The van der Waals surface area contributed by atoms with Gasteiger partial charge in [-0.15, -0.1) is 0 Å². The van der Waals surface area contributed by atoms with Crippen LogP contribution in [-0.2, 0) is 5.92 Å². The molecule has 1 aromatic rings. The number of nitrogens with one attached hydrogen (secondary N) is 1. The van der Waals surface area contributed by atoms with Crippen LogP contribution in [0.4, 0.5) is 13.2 Å². The van der Waals surface area contributed by atoms with E-state index in [1.54, 1.807) is 0 Å². The predicted octanol–water partition coefficient (Wildman–Crippen LogP) is 3.82. The number of benzene rings is 1. The number of halogens is 4. The quantitative estimate of drug-likeness (QED) is 0.895. The summed E-state index contributed by atoms with van der Waals surface area (Å²) in [7, 11) is 0. The molecule has 1 atom stereocenters. The lowest BCUT2D eigenvalue weighted by Crippen LogP contribution is -2.29. The molecule has 0 aromatic heterocycles. The first kappa shape index (κ1) is 12.9. The third-order valence-corrected chi connectivity index (χ3v) is 3.48. The van der Waals surface area contributed by atoms with Crippen molar-refractivity contribution in [3.63, 3.8) is 0 Å². The highest BCUT2D eigenvalue weighted by Gasteiger charge is 2.38. The van der Waals surface area contributed by atoms with E-state index in [1.165, 1.54) is 6.07 Å². The Balaban J connectivity index is 2.20. The zero-order valence-corrected chi connectivity index (χ0v) is 10.7. The first-order valence-corrected chi connectivity index (χ1v) is 6.35. The molecule has 1 saturated heterocycles. The second-order valence-electron chi connectivity index (χ2n) is 4.33. The van der Waals surface area contributed by atoms with E-state index in [0.29, 0.717) is 4.47 Å². The number of hydrogen-bond acceptors (Lipinski definition) is 1. The maximum absolute atomic E-state index is 13.9. The summed E-state index contributed by atoms with van der Waals surface area (Å²) in [4.78, 5) is 0. The summed E-state index contributed by atoms with van der Waals surface area (Å²) >= 11 is 3.09. The van der Waals surface area contributed by atoms with Crippen molar-refractivity contribution in [2.75, 3.05) is 6.54 Å². The van der Waals surface area contributed by atoms with Crippen LogP contribution in [0.15, 0.2) is 22.7 Å². The van der Waals surface area contributed by atoms with Gasteiger partial charge in [0.1, 0.15) is 5.82 Å². The molecule has 1 N–H and O–H groups in total. The smallest absolute Gasteiger partial charge is 0.277 e. The molecule has 1 aliphatic heterocycles. The summed E-state index contributed by atoms with van der Waals surface area (Å²) in [5.74, 6) is -3.98. The molecule has 5 heteroatoms. The van der Waals surface area contributed by atoms with Crippen LogP contribution in [0.1, 0.15) is 24.8 Å². The van der Waals surface area contributed by atoms with E-state index in [9.17, 15) is 13.2 Å². The van der Waals surface area contributed by atoms with Crippen LogP contribution < -0.4 is 5.32 Å². The minimum absolute atomic E-state index is 0.219. The first-order chi connectivity index (χ1) is 7.99. The second kappa shape index (κ2) is 4.98. The van der Waals surface area contributed by atoms with E-state index in [0.717, 1.165) is 31.5 Å². The van der Waals surface area contributed by atoms with Gasteiger partial charge in [0.15, 0.2) is 0 Å². The molecule has 1 heterocycles. The van der Waals surface area contributed by atoms with Gasteiger partial charge in [-0.3, -0.25) is 0 Å². The van der Waals surface area contributed by atoms with Crippen LogP contribution in [0.25, 0.3) is 0 Å². The molecule has 1 unspecified atom stereocenters. The van der Waals surface area contributed by atoms with Gasteiger partial charge >= 0.3 is 0 Å². The Morgan fingerprint density at radius 1 is 1.41 bits per heavy atom. The summed E-state index contributed by atoms with van der Waals surface area (Å²) < 4.78 is 41.8. The maximum Gasteiger partial charge on any atom is 0.277 e. The van der Waals surface area contributed by atoms with Crippen molar-refractivity contribution in [2.24, 2.45) is 0 Å². The zero-order chi connectivity index (χ0) is 12.5. The van der Waals surface area contributed by atoms with Crippen LogP contribution in [-0.4, -0.2) is 12.6 Å². The van der Waals surface area contributed by atoms with E-state index in [-0.39, 0.29) is 12.5 Å². The van der Waals surface area contributed by atoms with Crippen LogP contribution >= 0.6 is 15.9 Å². The Bertz CT molecular complexity index is 403. The molecule has 17 heavy (non-hydrogen) atoms. The number of rotatable bonds is 3. The zero-order valence-electron chi connectivity index (χ0n) is 9.15. The number of alkyl halides is 2. The SMILES string of the molecule is Fc1ccc(Br)cc1C(F)(F)CC1CCCN1. The van der Waals surface area contributed by atoms with E-state index in [4.69, 9.17) is 0 Å². The lowest BCUT2D eigenvalue weighted by molar-refractivity contribution is -0.0245. The van der Waals surface area contributed by atoms with Gasteiger partial charge in [-0.1, -0.05) is 15.9 Å². The largest absolute Gasteiger partial charge is 0.314 e. The van der Waals surface area contributed by atoms with Gasteiger partial charge in [-0.05, 0) is 37.6 Å². The Morgan fingerprint density at radius 2 is 2.18 bits per heavy atom. The molecular formula is C12H13BrF3N. The Kier molecular flexibility index (Phi) is 3.78. The molecule has 0 spiro atoms. The van der Waals surface area contributed by atoms with E-state index in [2.05, 4.69) is 21.2 Å². The van der Waals surface area contributed by atoms with Gasteiger partial charge in [0.05, 0.1) is 5.56 Å². The molecule has 0 bridgehead atoms. The van der Waals surface area contributed by atoms with Crippen molar-refractivity contribution >= 4 is 15.9 Å². The third-order valence-electron chi connectivity index (χ3n) is 2.99. The molecule has 1 nitrogen and oxygen atoms in total. The highest BCUT2D eigenvalue weighted by Crippen LogP contribution is 2.37. The molecule has 94 valence electrons. The maximum atomic E-state index is 13.9. The van der Waals surface area contributed by atoms with E-state index < -0.39 is 17.3 Å². The Hall–Kier alpha value is -0.550. The Labute approximate surface area is 107 Å². The summed E-state index contributed by atoms with van der Waals surface area (Å²) in [6.45, 7) is 0.766. The van der Waals surface area contributed by atoms with Gasteiger partial charge < -0.3 is 5.32 Å². The molecule has 1 fully saturated rings. The average molecular weight is 308 g/mol. The molecule has 0 saturated carbocycles. The third kappa shape index (κ3) is 3.01. The molecule has 2 rings (SSSR count). The molecular weight excluding hydrogens is 295 g/mol. The van der Waals surface area contributed by atoms with Gasteiger partial charge in [-0.25, -0.2) is 13.2 Å².